The fraction of sp³-hybridized carbons (Fsp3) is 0.571. The summed E-state index contributed by atoms with van der Waals surface area (Å²) < 4.78 is 10.2. The molecule has 1 aromatic carbocycles. The lowest BCUT2D eigenvalue weighted by Gasteiger charge is -2.34. The minimum absolute atomic E-state index is 0.0133. The molecular weight excluding hydrogens is 474 g/mol. The smallest absolute Gasteiger partial charge is 0.408 e. The van der Waals surface area contributed by atoms with Crippen LogP contribution in [0.4, 0.5) is 4.79 Å². The van der Waals surface area contributed by atoms with Gasteiger partial charge in [0.15, 0.2) is 0 Å². The van der Waals surface area contributed by atoms with E-state index in [2.05, 4.69) is 17.2 Å². The van der Waals surface area contributed by atoms with Gasteiger partial charge in [0.1, 0.15) is 17.7 Å². The Labute approximate surface area is 221 Å². The number of carbonyl (C=O) groups excluding carboxylic acids is 4. The Bertz CT molecular complexity index is 925. The van der Waals surface area contributed by atoms with E-state index in [-0.39, 0.29) is 19.6 Å². The van der Waals surface area contributed by atoms with Crippen molar-refractivity contribution in [3.8, 4) is 0 Å². The molecule has 3 amide bonds. The number of unbranched alkanes of at least 4 members (excludes halogenated alkanes) is 2. The molecule has 0 heterocycles. The van der Waals surface area contributed by atoms with Gasteiger partial charge in [0.25, 0.3) is 0 Å². The number of hydrogen-bond acceptors (Lipinski definition) is 6. The molecule has 37 heavy (non-hydrogen) atoms. The van der Waals surface area contributed by atoms with Crippen LogP contribution >= 0.6 is 0 Å². The van der Waals surface area contributed by atoms with E-state index < -0.39 is 41.6 Å². The lowest BCUT2D eigenvalue weighted by atomic mass is 10.00. The summed E-state index contributed by atoms with van der Waals surface area (Å²) in [5, 5.41) is 5.36. The third kappa shape index (κ3) is 11.5. The summed E-state index contributed by atoms with van der Waals surface area (Å²) in [4.78, 5) is 52.7. The number of carbonyl (C=O) groups is 4. The van der Waals surface area contributed by atoms with Crippen molar-refractivity contribution in [1.82, 2.24) is 15.5 Å². The monoisotopic (exact) mass is 517 g/mol. The molecule has 0 saturated heterocycles. The zero-order valence-corrected chi connectivity index (χ0v) is 23.1. The van der Waals surface area contributed by atoms with Crippen molar-refractivity contribution in [3.05, 3.63) is 42.0 Å². The van der Waals surface area contributed by atoms with Crippen molar-refractivity contribution in [1.29, 1.82) is 0 Å². The Balaban J connectivity index is 3.30. The van der Waals surface area contributed by atoms with Gasteiger partial charge in [0, 0.05) is 13.1 Å². The lowest BCUT2D eigenvalue weighted by molar-refractivity contribution is -0.144. The number of hydrogen-bond donors (Lipinski definition) is 2. The summed E-state index contributed by atoms with van der Waals surface area (Å²) in [6, 6.07) is 5.30. The molecule has 2 atom stereocenters. The van der Waals surface area contributed by atoms with Gasteiger partial charge in [-0.2, -0.15) is 0 Å². The van der Waals surface area contributed by atoms with E-state index >= 15 is 0 Å². The fourth-order valence-electron chi connectivity index (χ4n) is 3.64. The molecule has 0 spiro atoms. The van der Waals surface area contributed by atoms with Gasteiger partial charge < -0.3 is 25.0 Å². The van der Waals surface area contributed by atoms with Crippen LogP contribution in [-0.4, -0.2) is 60.1 Å². The Morgan fingerprint density at radius 1 is 1.14 bits per heavy atom. The van der Waals surface area contributed by atoms with Crippen molar-refractivity contribution in [3.63, 3.8) is 0 Å². The van der Waals surface area contributed by atoms with Crippen LogP contribution in [0.3, 0.4) is 0 Å². The average Bonchev–Trinajstić information content (AvgIpc) is 2.82. The van der Waals surface area contributed by atoms with Crippen LogP contribution in [-0.2, 0) is 23.9 Å². The number of rotatable bonds is 14. The maximum Gasteiger partial charge on any atom is 0.408 e. The maximum absolute atomic E-state index is 13.7. The van der Waals surface area contributed by atoms with Gasteiger partial charge in [-0.25, -0.2) is 4.79 Å². The molecule has 0 aliphatic heterocycles. The SMILES string of the molecule is C=Cc1cccc(C(C(=O)NCCC(=O)OCC)N(CCCCC)C(=O)C(C)NC(=O)OC(C)(C)C)c1. The molecule has 0 bridgehead atoms. The van der Waals surface area contributed by atoms with Crippen molar-refractivity contribution in [2.45, 2.75) is 84.9 Å². The van der Waals surface area contributed by atoms with Crippen molar-refractivity contribution >= 4 is 30.0 Å². The second-order valence-electron chi connectivity index (χ2n) is 9.73. The number of amides is 3. The van der Waals surface area contributed by atoms with E-state index in [0.29, 0.717) is 18.5 Å². The molecule has 2 N–H and O–H groups in total. The highest BCUT2D eigenvalue weighted by Gasteiger charge is 2.34. The topological polar surface area (TPSA) is 114 Å². The van der Waals surface area contributed by atoms with Crippen LogP contribution < -0.4 is 10.6 Å². The highest BCUT2D eigenvalue weighted by atomic mass is 16.6. The Morgan fingerprint density at radius 2 is 1.84 bits per heavy atom. The number of ether oxygens (including phenoxy) is 2. The molecule has 0 saturated carbocycles. The van der Waals surface area contributed by atoms with Crippen LogP contribution in [0.15, 0.2) is 30.8 Å². The van der Waals surface area contributed by atoms with E-state index in [1.165, 1.54) is 4.90 Å². The fourth-order valence-corrected chi connectivity index (χ4v) is 3.64. The van der Waals surface area contributed by atoms with Gasteiger partial charge in [0.2, 0.25) is 11.8 Å². The number of benzene rings is 1. The first-order chi connectivity index (χ1) is 17.4. The second-order valence-corrected chi connectivity index (χ2v) is 9.73. The molecule has 1 aromatic rings. The second kappa shape index (κ2) is 15.7. The first-order valence-corrected chi connectivity index (χ1v) is 12.9. The van der Waals surface area contributed by atoms with E-state index in [1.807, 2.05) is 13.0 Å². The van der Waals surface area contributed by atoms with Gasteiger partial charge in [-0.3, -0.25) is 14.4 Å². The molecule has 1 rings (SSSR count). The molecule has 0 aliphatic carbocycles. The highest BCUT2D eigenvalue weighted by molar-refractivity contribution is 5.92. The number of nitrogens with one attached hydrogen (secondary N) is 2. The minimum atomic E-state index is -0.977. The summed E-state index contributed by atoms with van der Waals surface area (Å²) in [6.07, 6.45) is 3.42. The first-order valence-electron chi connectivity index (χ1n) is 12.9. The van der Waals surface area contributed by atoms with Gasteiger partial charge in [-0.1, -0.05) is 50.6 Å². The van der Waals surface area contributed by atoms with Crippen LogP contribution in [0.1, 0.15) is 84.4 Å². The normalized spacial score (nSPS) is 12.6. The molecular formula is C28H43N3O6. The quantitative estimate of drug-likeness (QED) is 0.280. The summed E-state index contributed by atoms with van der Waals surface area (Å²) in [6.45, 7) is 15.0. The molecule has 2 unspecified atom stereocenters. The third-order valence-electron chi connectivity index (χ3n) is 5.35. The summed E-state index contributed by atoms with van der Waals surface area (Å²) in [7, 11) is 0. The van der Waals surface area contributed by atoms with E-state index in [1.54, 1.807) is 58.9 Å². The zero-order chi connectivity index (χ0) is 28.0. The van der Waals surface area contributed by atoms with Gasteiger partial charge in [-0.05, 0) is 58.2 Å². The van der Waals surface area contributed by atoms with E-state index in [9.17, 15) is 19.2 Å². The molecule has 0 aromatic heterocycles. The van der Waals surface area contributed by atoms with Crippen molar-refractivity contribution < 1.29 is 28.7 Å². The van der Waals surface area contributed by atoms with E-state index in [0.717, 1.165) is 18.4 Å². The number of alkyl carbamates (subject to hydrolysis) is 1. The van der Waals surface area contributed by atoms with Crippen LogP contribution in [0.2, 0.25) is 0 Å². The first kappa shape index (κ1) is 31.7. The minimum Gasteiger partial charge on any atom is -0.466 e. The van der Waals surface area contributed by atoms with Crippen LogP contribution in [0, 0.1) is 0 Å². The van der Waals surface area contributed by atoms with Gasteiger partial charge >= 0.3 is 12.1 Å². The summed E-state index contributed by atoms with van der Waals surface area (Å²) in [5.74, 6) is -1.27. The predicted molar refractivity (Wildman–Crippen MR) is 144 cm³/mol. The summed E-state index contributed by atoms with van der Waals surface area (Å²) in [5.41, 5.74) is 0.670. The zero-order valence-electron chi connectivity index (χ0n) is 23.1. The molecule has 9 nitrogen and oxygen atoms in total. The van der Waals surface area contributed by atoms with E-state index in [4.69, 9.17) is 9.47 Å². The average molecular weight is 518 g/mol. The molecule has 0 fully saturated rings. The van der Waals surface area contributed by atoms with Crippen LogP contribution in [0.25, 0.3) is 6.08 Å². The maximum atomic E-state index is 13.7. The largest absolute Gasteiger partial charge is 0.466 e. The summed E-state index contributed by atoms with van der Waals surface area (Å²) >= 11 is 0. The van der Waals surface area contributed by atoms with Crippen molar-refractivity contribution in [2.75, 3.05) is 19.7 Å². The van der Waals surface area contributed by atoms with Crippen molar-refractivity contribution in [2.24, 2.45) is 0 Å². The number of nitrogens with zero attached hydrogens (tertiary/aromatic N) is 1. The Hall–Kier alpha value is -3.36. The Kier molecular flexibility index (Phi) is 13.4. The third-order valence-corrected chi connectivity index (χ3v) is 5.35. The Morgan fingerprint density at radius 3 is 2.43 bits per heavy atom. The number of esters is 1. The van der Waals surface area contributed by atoms with Crippen LogP contribution in [0.5, 0.6) is 0 Å². The molecule has 206 valence electrons. The highest BCUT2D eigenvalue weighted by Crippen LogP contribution is 2.25. The molecule has 0 radical (unpaired) electrons. The van der Waals surface area contributed by atoms with Gasteiger partial charge in [0.05, 0.1) is 13.0 Å². The van der Waals surface area contributed by atoms with Gasteiger partial charge in [-0.15, -0.1) is 0 Å². The lowest BCUT2D eigenvalue weighted by Crippen LogP contribution is -2.52. The molecule has 9 heteroatoms. The predicted octanol–water partition coefficient (Wildman–Crippen LogP) is 4.37. The standard InChI is InChI=1S/C28H43N3O6/c1-8-11-12-18-31(26(34)20(4)30-27(35)37-28(5,6)7)24(22-15-13-14-21(9-2)19-22)25(33)29-17-16-23(32)36-10-3/h9,13-15,19-20,24H,2,8,10-12,16-18H2,1,3-7H3,(H,29,33)(H,30,35). The molecule has 0 aliphatic rings.